The first kappa shape index (κ1) is 17.2. The van der Waals surface area contributed by atoms with Gasteiger partial charge in [0.05, 0.1) is 18.7 Å². The maximum absolute atomic E-state index is 12.2. The molecule has 2 aromatic carbocycles. The highest BCUT2D eigenvalue weighted by molar-refractivity contribution is 7.14. The number of hydrogen-bond acceptors (Lipinski definition) is 4. The van der Waals surface area contributed by atoms with Gasteiger partial charge in [-0.1, -0.05) is 42.0 Å². The van der Waals surface area contributed by atoms with Gasteiger partial charge in [-0.3, -0.25) is 4.79 Å². The largest absolute Gasteiger partial charge is 0.493 e. The Morgan fingerprint density at radius 2 is 1.92 bits per heavy atom. The van der Waals surface area contributed by atoms with Crippen molar-refractivity contribution in [2.45, 2.75) is 20.3 Å². The number of nitrogens with one attached hydrogen (secondary N) is 1. The number of carbonyl (C=O) groups excluding carboxylic acids is 1. The number of nitrogens with zero attached hydrogens (tertiary/aromatic N) is 1. The molecule has 1 amide bonds. The van der Waals surface area contributed by atoms with E-state index < -0.39 is 0 Å². The van der Waals surface area contributed by atoms with Gasteiger partial charge in [0.2, 0.25) is 5.91 Å². The average molecular weight is 352 g/mol. The number of rotatable bonds is 6. The monoisotopic (exact) mass is 352 g/mol. The number of benzene rings is 2. The van der Waals surface area contributed by atoms with Crippen molar-refractivity contribution in [2.75, 3.05) is 11.9 Å². The number of aryl methyl sites for hydroxylation is 1. The van der Waals surface area contributed by atoms with Gasteiger partial charge >= 0.3 is 0 Å². The Morgan fingerprint density at radius 1 is 1.16 bits per heavy atom. The van der Waals surface area contributed by atoms with Gasteiger partial charge in [0.25, 0.3) is 0 Å². The fourth-order valence-corrected chi connectivity index (χ4v) is 3.20. The third-order valence-corrected chi connectivity index (χ3v) is 4.46. The fraction of sp³-hybridized carbons (Fsp3) is 0.200. The van der Waals surface area contributed by atoms with Crippen molar-refractivity contribution in [3.05, 3.63) is 65.0 Å². The van der Waals surface area contributed by atoms with Crippen LogP contribution in [0.3, 0.4) is 0 Å². The second kappa shape index (κ2) is 7.94. The highest BCUT2D eigenvalue weighted by Gasteiger charge is 2.12. The molecule has 1 N–H and O–H groups in total. The zero-order chi connectivity index (χ0) is 17.6. The van der Waals surface area contributed by atoms with Crippen LogP contribution in [0.5, 0.6) is 5.75 Å². The average Bonchev–Trinajstić information content (AvgIpc) is 3.06. The van der Waals surface area contributed by atoms with E-state index in [0.717, 1.165) is 22.6 Å². The molecule has 3 rings (SSSR count). The van der Waals surface area contributed by atoms with Crippen LogP contribution in [-0.4, -0.2) is 17.5 Å². The molecule has 128 valence electrons. The summed E-state index contributed by atoms with van der Waals surface area (Å²) in [4.78, 5) is 16.7. The summed E-state index contributed by atoms with van der Waals surface area (Å²) in [5, 5.41) is 5.40. The van der Waals surface area contributed by atoms with Gasteiger partial charge in [-0.25, -0.2) is 4.98 Å². The lowest BCUT2D eigenvalue weighted by molar-refractivity contribution is -0.115. The zero-order valence-electron chi connectivity index (χ0n) is 14.3. The molecule has 0 aliphatic carbocycles. The van der Waals surface area contributed by atoms with E-state index in [1.54, 1.807) is 0 Å². The Hall–Kier alpha value is -2.66. The summed E-state index contributed by atoms with van der Waals surface area (Å²) in [6.07, 6.45) is 0.338. The molecule has 0 bridgehead atoms. The van der Waals surface area contributed by atoms with E-state index in [2.05, 4.69) is 10.3 Å². The van der Waals surface area contributed by atoms with Gasteiger partial charge in [-0.05, 0) is 31.5 Å². The second-order valence-corrected chi connectivity index (χ2v) is 6.54. The second-order valence-electron chi connectivity index (χ2n) is 5.68. The highest BCUT2D eigenvalue weighted by Crippen LogP contribution is 2.32. The van der Waals surface area contributed by atoms with Crippen LogP contribution >= 0.6 is 11.3 Å². The Kier molecular flexibility index (Phi) is 5.46. The lowest BCUT2D eigenvalue weighted by Crippen LogP contribution is -2.14. The van der Waals surface area contributed by atoms with Crippen LogP contribution in [0.15, 0.2) is 53.9 Å². The van der Waals surface area contributed by atoms with E-state index >= 15 is 0 Å². The summed E-state index contributed by atoms with van der Waals surface area (Å²) in [6.45, 7) is 4.58. The maximum Gasteiger partial charge on any atom is 0.230 e. The van der Waals surface area contributed by atoms with E-state index in [0.29, 0.717) is 18.2 Å². The molecule has 5 heteroatoms. The molecule has 3 aromatic rings. The van der Waals surface area contributed by atoms with Crippen molar-refractivity contribution >= 4 is 22.4 Å². The molecule has 0 aliphatic rings. The summed E-state index contributed by atoms with van der Waals surface area (Å²) >= 11 is 1.41. The minimum Gasteiger partial charge on any atom is -0.493 e. The summed E-state index contributed by atoms with van der Waals surface area (Å²) in [5.74, 6) is 0.732. The molecule has 0 unspecified atom stereocenters. The van der Waals surface area contributed by atoms with Gasteiger partial charge in [-0.15, -0.1) is 11.3 Å². The normalized spacial score (nSPS) is 10.5. The molecule has 0 saturated heterocycles. The third-order valence-electron chi connectivity index (χ3n) is 3.70. The number of aromatic nitrogens is 1. The molecule has 0 radical (unpaired) electrons. The van der Waals surface area contributed by atoms with Crippen molar-refractivity contribution in [1.82, 2.24) is 4.98 Å². The highest BCUT2D eigenvalue weighted by atomic mass is 32.1. The summed E-state index contributed by atoms with van der Waals surface area (Å²) < 4.78 is 5.65. The number of amides is 1. The first-order valence-electron chi connectivity index (χ1n) is 8.19. The van der Waals surface area contributed by atoms with Crippen molar-refractivity contribution < 1.29 is 9.53 Å². The molecule has 0 atom stereocenters. The number of para-hydroxylation sites is 1. The van der Waals surface area contributed by atoms with Gasteiger partial charge in [0, 0.05) is 10.9 Å². The van der Waals surface area contributed by atoms with Crippen LogP contribution in [0, 0.1) is 6.92 Å². The lowest BCUT2D eigenvalue weighted by Gasteiger charge is -2.07. The SMILES string of the molecule is CCOc1ccccc1-c1csc(NC(=O)Cc2ccc(C)cc2)n1. The summed E-state index contributed by atoms with van der Waals surface area (Å²) in [6, 6.07) is 15.7. The standard InChI is InChI=1S/C20H20N2O2S/c1-3-24-18-7-5-4-6-16(18)17-13-25-20(21-17)22-19(23)12-15-10-8-14(2)9-11-15/h4-11,13H,3,12H2,1-2H3,(H,21,22,23). The van der Waals surface area contributed by atoms with Crippen LogP contribution in [0.25, 0.3) is 11.3 Å². The summed E-state index contributed by atoms with van der Waals surface area (Å²) in [5.41, 5.74) is 3.91. The van der Waals surface area contributed by atoms with Crippen LogP contribution in [0.4, 0.5) is 5.13 Å². The Bertz CT molecular complexity index is 856. The third kappa shape index (κ3) is 4.45. The summed E-state index contributed by atoms with van der Waals surface area (Å²) in [7, 11) is 0. The smallest absolute Gasteiger partial charge is 0.230 e. The van der Waals surface area contributed by atoms with Gasteiger partial charge in [-0.2, -0.15) is 0 Å². The molecule has 0 saturated carbocycles. The Labute approximate surface area is 151 Å². The molecule has 0 spiro atoms. The lowest BCUT2D eigenvalue weighted by atomic mass is 10.1. The molecule has 0 fully saturated rings. The minimum atomic E-state index is -0.0668. The van der Waals surface area contributed by atoms with Crippen molar-refractivity contribution in [1.29, 1.82) is 0 Å². The first-order chi connectivity index (χ1) is 12.2. The van der Waals surface area contributed by atoms with E-state index in [4.69, 9.17) is 4.74 Å². The number of carbonyl (C=O) groups is 1. The molecule has 0 aliphatic heterocycles. The van der Waals surface area contributed by atoms with Gasteiger partial charge in [0.15, 0.2) is 5.13 Å². The van der Waals surface area contributed by atoms with Crippen LogP contribution in [0.2, 0.25) is 0 Å². The van der Waals surface area contributed by atoms with E-state index in [-0.39, 0.29) is 5.91 Å². The molecular weight excluding hydrogens is 332 g/mol. The zero-order valence-corrected chi connectivity index (χ0v) is 15.1. The number of ether oxygens (including phenoxy) is 1. The topological polar surface area (TPSA) is 51.2 Å². The number of thiazole rings is 1. The molecular formula is C20H20N2O2S. The number of hydrogen-bond donors (Lipinski definition) is 1. The fourth-order valence-electron chi connectivity index (χ4n) is 2.47. The van der Waals surface area contributed by atoms with Crippen molar-refractivity contribution in [3.8, 4) is 17.0 Å². The maximum atomic E-state index is 12.2. The van der Waals surface area contributed by atoms with Crippen LogP contribution in [0.1, 0.15) is 18.1 Å². The molecule has 25 heavy (non-hydrogen) atoms. The molecule has 4 nitrogen and oxygen atoms in total. The van der Waals surface area contributed by atoms with E-state index in [1.807, 2.05) is 67.8 Å². The minimum absolute atomic E-state index is 0.0668. The first-order valence-corrected chi connectivity index (χ1v) is 9.07. The van der Waals surface area contributed by atoms with Crippen LogP contribution < -0.4 is 10.1 Å². The van der Waals surface area contributed by atoms with Crippen molar-refractivity contribution in [2.24, 2.45) is 0 Å². The Morgan fingerprint density at radius 3 is 2.68 bits per heavy atom. The van der Waals surface area contributed by atoms with Crippen molar-refractivity contribution in [3.63, 3.8) is 0 Å². The predicted octanol–water partition coefficient (Wildman–Crippen LogP) is 4.70. The van der Waals surface area contributed by atoms with Gasteiger partial charge in [0.1, 0.15) is 5.75 Å². The van der Waals surface area contributed by atoms with E-state index in [1.165, 1.54) is 16.9 Å². The van der Waals surface area contributed by atoms with E-state index in [9.17, 15) is 4.79 Å². The molecule has 1 heterocycles. The predicted molar refractivity (Wildman–Crippen MR) is 102 cm³/mol. The number of anilines is 1. The molecule has 1 aromatic heterocycles. The Balaban J connectivity index is 1.69. The van der Waals surface area contributed by atoms with Crippen LogP contribution in [-0.2, 0) is 11.2 Å². The van der Waals surface area contributed by atoms with Gasteiger partial charge < -0.3 is 10.1 Å². The quantitative estimate of drug-likeness (QED) is 0.700.